The molecule has 1 heterocycles. The van der Waals surface area contributed by atoms with Crippen molar-refractivity contribution in [3.63, 3.8) is 0 Å². The number of fused-ring (bicyclic) bond motifs is 1. The third kappa shape index (κ3) is 2.15. The van der Waals surface area contributed by atoms with E-state index in [1.165, 1.54) is 0 Å². The normalized spacial score (nSPS) is 14.2. The van der Waals surface area contributed by atoms with E-state index in [-0.39, 0.29) is 11.5 Å². The van der Waals surface area contributed by atoms with Crippen LogP contribution in [0.3, 0.4) is 0 Å². The monoisotopic (exact) mass is 265 g/mol. The largest absolute Gasteiger partial charge is 0.459 e. The Morgan fingerprint density at radius 2 is 1.83 bits per heavy atom. The number of benzene rings is 1. The Bertz CT molecular complexity index is 593. The van der Waals surface area contributed by atoms with Gasteiger partial charge in [-0.1, -0.05) is 32.4 Å². The maximum Gasteiger partial charge on any atom is 0.135 e. The highest BCUT2D eigenvalue weighted by Gasteiger charge is 2.26. The molecule has 2 N–H and O–H groups in total. The highest BCUT2D eigenvalue weighted by molar-refractivity contribution is 6.33. The summed E-state index contributed by atoms with van der Waals surface area (Å²) in [4.78, 5) is 0. The second-order valence-electron chi connectivity index (χ2n) is 6.04. The average molecular weight is 266 g/mol. The van der Waals surface area contributed by atoms with Crippen molar-refractivity contribution in [2.45, 2.75) is 40.7 Å². The number of hydrogen-bond donors (Lipinski definition) is 1. The SMILES string of the molecule is Cc1cc2oc(C(N)C(C)(C)C)cc2c(C)c1Cl. The number of nitrogens with two attached hydrogens (primary N) is 1. The first-order valence-electron chi connectivity index (χ1n) is 6.16. The van der Waals surface area contributed by atoms with Crippen LogP contribution in [0.4, 0.5) is 0 Å². The van der Waals surface area contributed by atoms with Gasteiger partial charge >= 0.3 is 0 Å². The van der Waals surface area contributed by atoms with Crippen molar-refractivity contribution in [2.24, 2.45) is 11.1 Å². The summed E-state index contributed by atoms with van der Waals surface area (Å²) in [6, 6.07) is 3.87. The quantitative estimate of drug-likeness (QED) is 0.808. The zero-order chi connectivity index (χ0) is 13.7. The van der Waals surface area contributed by atoms with Crippen LogP contribution in [0.25, 0.3) is 11.0 Å². The molecule has 1 aromatic heterocycles. The molecule has 98 valence electrons. The fourth-order valence-electron chi connectivity index (χ4n) is 2.08. The number of rotatable bonds is 1. The molecule has 0 amide bonds. The molecule has 0 saturated carbocycles. The van der Waals surface area contributed by atoms with Gasteiger partial charge in [0.1, 0.15) is 11.3 Å². The standard InChI is InChI=1S/C15H20ClNO/c1-8-6-11-10(9(2)13(8)16)7-12(18-11)14(17)15(3,4)5/h6-7,14H,17H2,1-5H3. The number of halogens is 1. The predicted octanol–water partition coefficient (Wildman–Crippen LogP) is 4.75. The molecule has 0 aliphatic heterocycles. The van der Waals surface area contributed by atoms with Crippen molar-refractivity contribution >= 4 is 22.6 Å². The minimum absolute atomic E-state index is 0.0272. The molecule has 0 radical (unpaired) electrons. The summed E-state index contributed by atoms with van der Waals surface area (Å²) in [7, 11) is 0. The van der Waals surface area contributed by atoms with E-state index < -0.39 is 0 Å². The summed E-state index contributed by atoms with van der Waals surface area (Å²) in [6.45, 7) is 10.3. The van der Waals surface area contributed by atoms with Crippen molar-refractivity contribution in [3.8, 4) is 0 Å². The van der Waals surface area contributed by atoms with Gasteiger partial charge in [0.25, 0.3) is 0 Å². The smallest absolute Gasteiger partial charge is 0.135 e. The highest BCUT2D eigenvalue weighted by Crippen LogP contribution is 2.36. The van der Waals surface area contributed by atoms with E-state index in [4.69, 9.17) is 21.8 Å². The molecule has 1 aromatic carbocycles. The van der Waals surface area contributed by atoms with Crippen LogP contribution in [0, 0.1) is 19.3 Å². The fraction of sp³-hybridized carbons (Fsp3) is 0.467. The maximum atomic E-state index is 6.26. The van der Waals surface area contributed by atoms with Gasteiger partial charge in [-0.3, -0.25) is 0 Å². The lowest BCUT2D eigenvalue weighted by atomic mass is 9.86. The minimum atomic E-state index is -0.122. The Balaban J connectivity index is 2.61. The van der Waals surface area contributed by atoms with Gasteiger partial charge in [0.2, 0.25) is 0 Å². The minimum Gasteiger partial charge on any atom is -0.459 e. The summed E-state index contributed by atoms with van der Waals surface area (Å²) in [6.07, 6.45) is 0. The maximum absolute atomic E-state index is 6.26. The van der Waals surface area contributed by atoms with Crippen LogP contribution in [0.1, 0.15) is 43.7 Å². The molecule has 2 rings (SSSR count). The van der Waals surface area contributed by atoms with E-state index in [9.17, 15) is 0 Å². The lowest BCUT2D eigenvalue weighted by Gasteiger charge is -2.24. The zero-order valence-corrected chi connectivity index (χ0v) is 12.4. The van der Waals surface area contributed by atoms with Crippen molar-refractivity contribution in [1.82, 2.24) is 0 Å². The summed E-state index contributed by atoms with van der Waals surface area (Å²) in [5, 5.41) is 1.86. The summed E-state index contributed by atoms with van der Waals surface area (Å²) in [5.41, 5.74) is 9.17. The van der Waals surface area contributed by atoms with Gasteiger partial charge in [0.15, 0.2) is 0 Å². The van der Waals surface area contributed by atoms with Crippen LogP contribution in [0.5, 0.6) is 0 Å². The topological polar surface area (TPSA) is 39.2 Å². The van der Waals surface area contributed by atoms with Crippen LogP contribution in [0.2, 0.25) is 5.02 Å². The van der Waals surface area contributed by atoms with E-state index >= 15 is 0 Å². The molecule has 18 heavy (non-hydrogen) atoms. The number of furan rings is 1. The molecule has 2 nitrogen and oxygen atoms in total. The molecule has 0 bridgehead atoms. The van der Waals surface area contributed by atoms with Crippen molar-refractivity contribution in [1.29, 1.82) is 0 Å². The molecule has 0 spiro atoms. The van der Waals surface area contributed by atoms with Crippen molar-refractivity contribution in [3.05, 3.63) is 34.0 Å². The first-order chi connectivity index (χ1) is 8.21. The van der Waals surface area contributed by atoms with Gasteiger partial charge in [-0.25, -0.2) is 0 Å². The molecule has 2 aromatic rings. The zero-order valence-electron chi connectivity index (χ0n) is 11.6. The van der Waals surface area contributed by atoms with Crippen LogP contribution >= 0.6 is 11.6 Å². The van der Waals surface area contributed by atoms with Crippen LogP contribution in [-0.4, -0.2) is 0 Å². The van der Waals surface area contributed by atoms with Crippen LogP contribution in [-0.2, 0) is 0 Å². The Morgan fingerprint density at radius 3 is 2.39 bits per heavy atom. The molecule has 3 heteroatoms. The van der Waals surface area contributed by atoms with Gasteiger partial charge in [-0.15, -0.1) is 0 Å². The Hall–Kier alpha value is -0.990. The molecule has 1 atom stereocenters. The Kier molecular flexibility index (Phi) is 3.20. The van der Waals surface area contributed by atoms with Gasteiger partial charge in [-0.2, -0.15) is 0 Å². The average Bonchev–Trinajstić information content (AvgIpc) is 2.67. The summed E-state index contributed by atoms with van der Waals surface area (Å²) < 4.78 is 5.89. The molecule has 0 aliphatic rings. The molecule has 0 fully saturated rings. The molecular formula is C15H20ClNO. The predicted molar refractivity (Wildman–Crippen MR) is 77.1 cm³/mol. The van der Waals surface area contributed by atoms with E-state index in [1.807, 2.05) is 26.0 Å². The Labute approximate surface area is 113 Å². The highest BCUT2D eigenvalue weighted by atomic mass is 35.5. The lowest BCUT2D eigenvalue weighted by Crippen LogP contribution is -2.25. The third-order valence-corrected chi connectivity index (χ3v) is 4.03. The molecular weight excluding hydrogens is 246 g/mol. The van der Waals surface area contributed by atoms with E-state index in [1.54, 1.807) is 0 Å². The van der Waals surface area contributed by atoms with Crippen LogP contribution < -0.4 is 5.73 Å². The van der Waals surface area contributed by atoms with Crippen molar-refractivity contribution < 1.29 is 4.42 Å². The number of hydrogen-bond acceptors (Lipinski definition) is 2. The fourth-order valence-corrected chi connectivity index (χ4v) is 2.24. The summed E-state index contributed by atoms with van der Waals surface area (Å²) >= 11 is 6.26. The number of aryl methyl sites for hydroxylation is 2. The lowest BCUT2D eigenvalue weighted by molar-refractivity contribution is 0.290. The molecule has 1 unspecified atom stereocenters. The first kappa shape index (κ1) is 13.4. The third-order valence-electron chi connectivity index (χ3n) is 3.45. The summed E-state index contributed by atoms with van der Waals surface area (Å²) in [5.74, 6) is 0.822. The molecule has 0 saturated heterocycles. The second kappa shape index (κ2) is 4.29. The van der Waals surface area contributed by atoms with Crippen LogP contribution in [0.15, 0.2) is 16.5 Å². The van der Waals surface area contributed by atoms with Gasteiger partial charge < -0.3 is 10.2 Å². The van der Waals surface area contributed by atoms with E-state index in [0.29, 0.717) is 0 Å². The molecule has 0 aliphatic carbocycles. The van der Waals surface area contributed by atoms with Gasteiger partial charge in [0, 0.05) is 10.4 Å². The Morgan fingerprint density at radius 1 is 1.22 bits per heavy atom. The van der Waals surface area contributed by atoms with Gasteiger partial charge in [0.05, 0.1) is 6.04 Å². The van der Waals surface area contributed by atoms with Gasteiger partial charge in [-0.05, 0) is 42.5 Å². The van der Waals surface area contributed by atoms with Crippen molar-refractivity contribution in [2.75, 3.05) is 0 Å². The van der Waals surface area contributed by atoms with E-state index in [2.05, 4.69) is 20.8 Å². The van der Waals surface area contributed by atoms with E-state index in [0.717, 1.165) is 32.9 Å². The first-order valence-corrected chi connectivity index (χ1v) is 6.54. The second-order valence-corrected chi connectivity index (χ2v) is 6.41.